The van der Waals surface area contributed by atoms with Crippen molar-refractivity contribution in [3.05, 3.63) is 11.6 Å². The van der Waals surface area contributed by atoms with Crippen LogP contribution in [0.5, 0.6) is 0 Å². The summed E-state index contributed by atoms with van der Waals surface area (Å²) in [5.74, 6) is 2.34. The normalized spacial score (nSPS) is 44.9. The van der Waals surface area contributed by atoms with Crippen molar-refractivity contribution in [2.24, 2.45) is 40.4 Å². The third-order valence-electron chi connectivity index (χ3n) is 9.69. The molecule has 4 aliphatic rings. The van der Waals surface area contributed by atoms with Crippen LogP contribution in [0.4, 0.5) is 0 Å². The van der Waals surface area contributed by atoms with E-state index in [0.29, 0.717) is 41.8 Å². The average Bonchev–Trinajstić information content (AvgIpc) is 3.06. The minimum atomic E-state index is -0.291. The predicted octanol–water partition coefficient (Wildman–Crippen LogP) is 4.69. The van der Waals surface area contributed by atoms with Crippen molar-refractivity contribution >= 4 is 11.8 Å². The van der Waals surface area contributed by atoms with E-state index < -0.39 is 0 Å². The number of fused-ring (bicyclic) bond motifs is 5. The van der Waals surface area contributed by atoms with Gasteiger partial charge in [-0.15, -0.1) is 0 Å². The third kappa shape index (κ3) is 3.21. The van der Waals surface area contributed by atoms with E-state index in [1.54, 1.807) is 0 Å². The van der Waals surface area contributed by atoms with Crippen molar-refractivity contribution in [2.75, 3.05) is 7.11 Å². The van der Waals surface area contributed by atoms with Crippen LogP contribution in [0.1, 0.15) is 78.6 Å². The van der Waals surface area contributed by atoms with E-state index in [2.05, 4.69) is 26.8 Å². The van der Waals surface area contributed by atoms with E-state index in [1.165, 1.54) is 19.1 Å². The minimum absolute atomic E-state index is 0.0910. The quantitative estimate of drug-likeness (QED) is 0.693. The lowest BCUT2D eigenvalue weighted by molar-refractivity contribution is -0.141. The van der Waals surface area contributed by atoms with Gasteiger partial charge in [0.05, 0.1) is 13.2 Å². The molecule has 0 aliphatic heterocycles. The van der Waals surface area contributed by atoms with Gasteiger partial charge in [0.15, 0.2) is 5.78 Å². The highest BCUT2D eigenvalue weighted by molar-refractivity contribution is 5.97. The van der Waals surface area contributed by atoms with Crippen molar-refractivity contribution < 1.29 is 19.4 Å². The number of hydrogen-bond acceptors (Lipinski definition) is 4. The Morgan fingerprint density at radius 1 is 1.24 bits per heavy atom. The molecule has 4 heteroatoms. The van der Waals surface area contributed by atoms with Gasteiger partial charge in [0.25, 0.3) is 0 Å². The van der Waals surface area contributed by atoms with Crippen LogP contribution < -0.4 is 0 Å². The van der Waals surface area contributed by atoms with Gasteiger partial charge in [-0.25, -0.2) is 0 Å². The summed E-state index contributed by atoms with van der Waals surface area (Å²) in [7, 11) is 1.44. The van der Waals surface area contributed by atoms with Crippen LogP contribution in [0.3, 0.4) is 0 Å². The number of methoxy groups -OCH3 is 1. The van der Waals surface area contributed by atoms with Gasteiger partial charge in [-0.05, 0) is 92.4 Å². The average molecular weight is 403 g/mol. The predicted molar refractivity (Wildman–Crippen MR) is 112 cm³/mol. The Balaban J connectivity index is 1.60. The van der Waals surface area contributed by atoms with Crippen molar-refractivity contribution in [1.29, 1.82) is 0 Å². The van der Waals surface area contributed by atoms with Gasteiger partial charge in [0.1, 0.15) is 0 Å². The lowest BCUT2D eigenvalue weighted by Crippen LogP contribution is -2.52. The SMILES string of the molecule is COC(=O)CC[C@H](C)[C@@H]1CC[C@@H]2[C@@H]3CC[C@@H]4C[C@H](O)CC[C@]4(C)C3=CC(=O)[C@]21C. The molecule has 0 spiro atoms. The second-order valence-electron chi connectivity index (χ2n) is 10.9. The number of aliphatic hydroxyl groups is 1. The number of hydrogen-bond donors (Lipinski definition) is 1. The Morgan fingerprint density at radius 2 is 2.00 bits per heavy atom. The first kappa shape index (κ1) is 21.1. The maximum atomic E-state index is 13.6. The van der Waals surface area contributed by atoms with Crippen LogP contribution >= 0.6 is 0 Å². The van der Waals surface area contributed by atoms with Gasteiger partial charge < -0.3 is 9.84 Å². The lowest BCUT2D eigenvalue weighted by Gasteiger charge is -2.56. The molecule has 3 saturated carbocycles. The molecule has 0 aromatic heterocycles. The number of carbonyl (C=O) groups is 2. The Morgan fingerprint density at radius 3 is 2.72 bits per heavy atom. The fourth-order valence-electron chi connectivity index (χ4n) is 7.88. The molecular formula is C25H38O4. The Hall–Kier alpha value is -1.16. The third-order valence-corrected chi connectivity index (χ3v) is 9.69. The fourth-order valence-corrected chi connectivity index (χ4v) is 7.88. The number of ketones is 1. The monoisotopic (exact) mass is 402 g/mol. The summed E-state index contributed by atoms with van der Waals surface area (Å²) in [4.78, 5) is 25.2. The number of allylic oxidation sites excluding steroid dienone is 2. The Bertz CT molecular complexity index is 712. The maximum Gasteiger partial charge on any atom is 0.305 e. The van der Waals surface area contributed by atoms with Crippen LogP contribution in [0.25, 0.3) is 0 Å². The van der Waals surface area contributed by atoms with E-state index in [0.717, 1.165) is 44.9 Å². The molecule has 0 saturated heterocycles. The summed E-state index contributed by atoms with van der Waals surface area (Å²) < 4.78 is 4.82. The first-order chi connectivity index (χ1) is 13.7. The topological polar surface area (TPSA) is 63.6 Å². The zero-order chi connectivity index (χ0) is 21.0. The highest BCUT2D eigenvalue weighted by Crippen LogP contribution is 2.65. The molecule has 0 aromatic rings. The van der Waals surface area contributed by atoms with Gasteiger partial charge in [0, 0.05) is 11.8 Å². The van der Waals surface area contributed by atoms with Crippen LogP contribution in [0.2, 0.25) is 0 Å². The van der Waals surface area contributed by atoms with E-state index in [9.17, 15) is 14.7 Å². The molecule has 0 amide bonds. The summed E-state index contributed by atoms with van der Waals surface area (Å²) in [6, 6.07) is 0. The van der Waals surface area contributed by atoms with Crippen molar-refractivity contribution in [3.8, 4) is 0 Å². The molecule has 1 N–H and O–H groups in total. The molecule has 8 atom stereocenters. The molecule has 4 rings (SSSR count). The minimum Gasteiger partial charge on any atom is -0.469 e. The van der Waals surface area contributed by atoms with Crippen LogP contribution in [0, 0.1) is 40.4 Å². The van der Waals surface area contributed by atoms with E-state index in [4.69, 9.17) is 4.74 Å². The molecular weight excluding hydrogens is 364 g/mol. The Kier molecular flexibility index (Phi) is 5.46. The second kappa shape index (κ2) is 7.51. The molecule has 0 heterocycles. The zero-order valence-electron chi connectivity index (χ0n) is 18.6. The smallest absolute Gasteiger partial charge is 0.305 e. The molecule has 3 fully saturated rings. The van der Waals surface area contributed by atoms with Gasteiger partial charge in [-0.2, -0.15) is 0 Å². The highest BCUT2D eigenvalue weighted by atomic mass is 16.5. The number of esters is 1. The largest absolute Gasteiger partial charge is 0.469 e. The van der Waals surface area contributed by atoms with Gasteiger partial charge in [-0.3, -0.25) is 9.59 Å². The fraction of sp³-hybridized carbons (Fsp3) is 0.840. The molecule has 29 heavy (non-hydrogen) atoms. The van der Waals surface area contributed by atoms with E-state index in [1.807, 2.05) is 0 Å². The summed E-state index contributed by atoms with van der Waals surface area (Å²) in [5, 5.41) is 10.2. The number of rotatable bonds is 4. The Labute approximate surface area is 175 Å². The summed E-state index contributed by atoms with van der Waals surface area (Å²) >= 11 is 0. The van der Waals surface area contributed by atoms with Crippen molar-refractivity contribution in [2.45, 2.75) is 84.7 Å². The maximum absolute atomic E-state index is 13.6. The van der Waals surface area contributed by atoms with Crippen molar-refractivity contribution in [3.63, 3.8) is 0 Å². The highest BCUT2D eigenvalue weighted by Gasteiger charge is 2.60. The number of aliphatic hydroxyl groups excluding tert-OH is 1. The zero-order valence-corrected chi connectivity index (χ0v) is 18.6. The molecule has 162 valence electrons. The van der Waals surface area contributed by atoms with Crippen LogP contribution in [-0.4, -0.2) is 30.1 Å². The molecule has 0 radical (unpaired) electrons. The van der Waals surface area contributed by atoms with Gasteiger partial charge >= 0.3 is 5.97 Å². The lowest BCUT2D eigenvalue weighted by atomic mass is 9.48. The number of ether oxygens (including phenoxy) is 1. The molecule has 4 nitrogen and oxygen atoms in total. The van der Waals surface area contributed by atoms with Crippen LogP contribution in [-0.2, 0) is 14.3 Å². The van der Waals surface area contributed by atoms with E-state index >= 15 is 0 Å². The van der Waals surface area contributed by atoms with Crippen molar-refractivity contribution in [1.82, 2.24) is 0 Å². The van der Waals surface area contributed by atoms with E-state index in [-0.39, 0.29) is 22.9 Å². The van der Waals surface area contributed by atoms with Gasteiger partial charge in [-0.1, -0.05) is 26.3 Å². The van der Waals surface area contributed by atoms with Gasteiger partial charge in [0.2, 0.25) is 0 Å². The van der Waals surface area contributed by atoms with Crippen LogP contribution in [0.15, 0.2) is 11.6 Å². The first-order valence-corrected chi connectivity index (χ1v) is 11.7. The summed E-state index contributed by atoms with van der Waals surface area (Å²) in [5.41, 5.74) is 1.21. The molecule has 4 aliphatic carbocycles. The first-order valence-electron chi connectivity index (χ1n) is 11.7. The summed E-state index contributed by atoms with van der Waals surface area (Å²) in [6.07, 6.45) is 10.4. The molecule has 0 aromatic carbocycles. The number of carbonyl (C=O) groups excluding carboxylic acids is 2. The standard InChI is InChI=1S/C25H38O4/c1-15(5-10-23(28)29-4)19-8-9-20-18-7-6-16-13-17(26)11-12-24(16,2)21(18)14-22(27)25(19,20)3/h14-20,26H,5-13H2,1-4H3/t15-,16+,17+,18-,19-,20+,24-,25-/m0/s1. The molecule has 0 bridgehead atoms. The second-order valence-corrected chi connectivity index (χ2v) is 10.9. The summed E-state index contributed by atoms with van der Waals surface area (Å²) in [6.45, 7) is 6.80. The molecule has 0 unspecified atom stereocenters.